The number of carbonyl (C=O) groups is 6. The molecular formula is C19H33N5O9. The smallest absolute Gasteiger partial charge is 0.305 e. The number of nitrogens with one attached hydrogen (secondary N) is 4. The van der Waals surface area contributed by atoms with Crippen molar-refractivity contribution >= 4 is 35.6 Å². The highest BCUT2D eigenvalue weighted by molar-refractivity contribution is 5.96. The van der Waals surface area contributed by atoms with Crippen LogP contribution in [0.2, 0.25) is 0 Å². The first-order valence-electron chi connectivity index (χ1n) is 10.2. The minimum absolute atomic E-state index is 0.131. The van der Waals surface area contributed by atoms with E-state index in [9.17, 15) is 28.8 Å². The van der Waals surface area contributed by atoms with Crippen LogP contribution in [0.3, 0.4) is 0 Å². The van der Waals surface area contributed by atoms with Crippen molar-refractivity contribution in [1.29, 1.82) is 0 Å². The van der Waals surface area contributed by atoms with Gasteiger partial charge >= 0.3 is 17.9 Å². The summed E-state index contributed by atoms with van der Waals surface area (Å²) in [6.07, 6.45) is -1.92. The maximum atomic E-state index is 12.7. The molecule has 0 radical (unpaired) electrons. The number of amides is 3. The van der Waals surface area contributed by atoms with Crippen LogP contribution in [0.25, 0.3) is 0 Å². The Morgan fingerprint density at radius 1 is 0.727 bits per heavy atom. The van der Waals surface area contributed by atoms with Crippen molar-refractivity contribution in [2.24, 2.45) is 5.73 Å². The normalized spacial score (nSPS) is 13.8. The fourth-order valence-corrected chi connectivity index (χ4v) is 2.66. The molecule has 14 heteroatoms. The van der Waals surface area contributed by atoms with E-state index < -0.39 is 78.6 Å². The Balaban J connectivity index is 5.55. The molecule has 3 atom stereocenters. The molecule has 14 nitrogen and oxygen atoms in total. The Bertz CT molecular complexity index is 736. The molecule has 0 aliphatic rings. The van der Waals surface area contributed by atoms with Crippen molar-refractivity contribution in [2.75, 3.05) is 13.1 Å². The van der Waals surface area contributed by atoms with E-state index >= 15 is 0 Å². The van der Waals surface area contributed by atoms with Crippen LogP contribution in [0.4, 0.5) is 0 Å². The van der Waals surface area contributed by atoms with Gasteiger partial charge in [0.2, 0.25) is 17.7 Å². The molecule has 0 fully saturated rings. The summed E-state index contributed by atoms with van der Waals surface area (Å²) in [6.45, 7) is 5.43. The predicted octanol–water partition coefficient (Wildman–Crippen LogP) is -2.40. The Labute approximate surface area is 190 Å². The average Bonchev–Trinajstić information content (AvgIpc) is 2.64. The molecule has 3 amide bonds. The molecule has 0 spiro atoms. The lowest BCUT2D eigenvalue weighted by atomic mass is 10.0. The lowest BCUT2D eigenvalue weighted by Crippen LogP contribution is -2.59. The Morgan fingerprint density at radius 3 is 1.52 bits per heavy atom. The monoisotopic (exact) mass is 475 g/mol. The van der Waals surface area contributed by atoms with Gasteiger partial charge in [0, 0.05) is 12.1 Å². The fourth-order valence-electron chi connectivity index (χ4n) is 2.66. The van der Waals surface area contributed by atoms with Crippen LogP contribution in [-0.2, 0) is 28.8 Å². The molecule has 0 bridgehead atoms. The second kappa shape index (κ2) is 14.0. The van der Waals surface area contributed by atoms with E-state index in [1.807, 2.05) is 0 Å². The molecule has 33 heavy (non-hydrogen) atoms. The lowest BCUT2D eigenvalue weighted by molar-refractivity contribution is -0.144. The van der Waals surface area contributed by atoms with Crippen molar-refractivity contribution in [1.82, 2.24) is 21.3 Å². The highest BCUT2D eigenvalue weighted by atomic mass is 16.4. The second-order valence-corrected chi connectivity index (χ2v) is 8.30. The quantitative estimate of drug-likeness (QED) is 0.116. The summed E-state index contributed by atoms with van der Waals surface area (Å²) in [5, 5.41) is 36.7. The predicted molar refractivity (Wildman–Crippen MR) is 114 cm³/mol. The summed E-state index contributed by atoms with van der Waals surface area (Å²) in [5.41, 5.74) is 4.64. The summed E-state index contributed by atoms with van der Waals surface area (Å²) in [6, 6.07) is -4.52. The van der Waals surface area contributed by atoms with Gasteiger partial charge in [-0.15, -0.1) is 0 Å². The molecule has 9 N–H and O–H groups in total. The van der Waals surface area contributed by atoms with Crippen LogP contribution in [0, 0.1) is 0 Å². The Hall–Kier alpha value is -3.26. The molecule has 0 saturated heterocycles. The lowest BCUT2D eigenvalue weighted by Gasteiger charge is -2.28. The third kappa shape index (κ3) is 13.7. The summed E-state index contributed by atoms with van der Waals surface area (Å²) < 4.78 is 0. The van der Waals surface area contributed by atoms with Crippen molar-refractivity contribution < 1.29 is 44.1 Å². The fraction of sp³-hybridized carbons (Fsp3) is 0.684. The first-order chi connectivity index (χ1) is 15.2. The highest BCUT2D eigenvalue weighted by Gasteiger charge is 2.33. The number of carboxylic acids is 3. The van der Waals surface area contributed by atoms with E-state index in [0.29, 0.717) is 6.42 Å². The first kappa shape index (κ1) is 29.7. The van der Waals surface area contributed by atoms with Gasteiger partial charge in [-0.2, -0.15) is 0 Å². The summed E-state index contributed by atoms with van der Waals surface area (Å²) in [5.74, 6) is -7.05. The van der Waals surface area contributed by atoms with Gasteiger partial charge in [0.1, 0.15) is 12.1 Å². The maximum absolute atomic E-state index is 12.7. The van der Waals surface area contributed by atoms with Gasteiger partial charge in [0.05, 0.1) is 25.3 Å². The van der Waals surface area contributed by atoms with E-state index in [0.717, 1.165) is 0 Å². The van der Waals surface area contributed by atoms with Gasteiger partial charge in [-0.05, 0) is 33.7 Å². The zero-order valence-electron chi connectivity index (χ0n) is 18.8. The van der Waals surface area contributed by atoms with E-state index in [1.165, 1.54) is 0 Å². The largest absolute Gasteiger partial charge is 0.481 e. The SMILES string of the molecule is CC(C)(C)NC(CC(=O)O)C(=O)NC(CC(=O)O)C(=O)NC(CC(=O)O)C(=O)NCCCN. The van der Waals surface area contributed by atoms with E-state index in [4.69, 9.17) is 21.1 Å². The number of aliphatic carboxylic acids is 3. The van der Waals surface area contributed by atoms with Gasteiger partial charge in [0.15, 0.2) is 0 Å². The Kier molecular flexibility index (Phi) is 12.6. The van der Waals surface area contributed by atoms with Crippen molar-refractivity contribution in [3.05, 3.63) is 0 Å². The van der Waals surface area contributed by atoms with Crippen LogP contribution >= 0.6 is 0 Å². The van der Waals surface area contributed by atoms with Crippen molar-refractivity contribution in [3.63, 3.8) is 0 Å². The van der Waals surface area contributed by atoms with Gasteiger partial charge in [-0.25, -0.2) is 0 Å². The van der Waals surface area contributed by atoms with E-state index in [-0.39, 0.29) is 13.1 Å². The summed E-state index contributed by atoms with van der Waals surface area (Å²) in [7, 11) is 0. The van der Waals surface area contributed by atoms with Crippen LogP contribution in [-0.4, -0.2) is 87.7 Å². The molecule has 0 aliphatic heterocycles. The molecule has 0 saturated carbocycles. The van der Waals surface area contributed by atoms with E-state index in [1.54, 1.807) is 20.8 Å². The number of nitrogens with two attached hydrogens (primary N) is 1. The number of carbonyl (C=O) groups excluding carboxylic acids is 3. The van der Waals surface area contributed by atoms with Crippen LogP contribution in [0.15, 0.2) is 0 Å². The van der Waals surface area contributed by atoms with Gasteiger partial charge in [-0.3, -0.25) is 28.8 Å². The summed E-state index contributed by atoms with van der Waals surface area (Å²) in [4.78, 5) is 71.0. The molecular weight excluding hydrogens is 442 g/mol. The zero-order valence-corrected chi connectivity index (χ0v) is 18.8. The first-order valence-corrected chi connectivity index (χ1v) is 10.2. The molecule has 188 valence electrons. The molecule has 0 aromatic heterocycles. The van der Waals surface area contributed by atoms with Crippen LogP contribution in [0.1, 0.15) is 46.5 Å². The minimum atomic E-state index is -1.69. The summed E-state index contributed by atoms with van der Waals surface area (Å²) >= 11 is 0. The van der Waals surface area contributed by atoms with Crippen molar-refractivity contribution in [3.8, 4) is 0 Å². The Morgan fingerprint density at radius 2 is 1.12 bits per heavy atom. The third-order valence-corrected chi connectivity index (χ3v) is 4.01. The molecule has 0 aromatic rings. The van der Waals surface area contributed by atoms with Crippen LogP contribution < -0.4 is 27.0 Å². The van der Waals surface area contributed by atoms with Crippen LogP contribution in [0.5, 0.6) is 0 Å². The topological polar surface area (TPSA) is 237 Å². The number of carboxylic acid groups (broad SMARTS) is 3. The zero-order chi connectivity index (χ0) is 25.8. The molecule has 0 rings (SSSR count). The van der Waals surface area contributed by atoms with E-state index in [2.05, 4.69) is 21.3 Å². The molecule has 0 heterocycles. The average molecular weight is 475 g/mol. The molecule has 0 aliphatic carbocycles. The standard InChI is InChI=1S/C19H33N5O9/c1-19(2,3)24-12(9-15(29)30)18(33)23-11(8-14(27)28)17(32)22-10(7-13(25)26)16(31)21-6-4-5-20/h10-12,24H,4-9,20H2,1-3H3,(H,21,31)(H,22,32)(H,23,33)(H,25,26)(H,27,28)(H,29,30). The number of hydrogen-bond acceptors (Lipinski definition) is 8. The third-order valence-electron chi connectivity index (χ3n) is 4.01. The van der Waals surface area contributed by atoms with Gasteiger partial charge in [-0.1, -0.05) is 0 Å². The molecule has 3 unspecified atom stereocenters. The second-order valence-electron chi connectivity index (χ2n) is 8.30. The highest BCUT2D eigenvalue weighted by Crippen LogP contribution is 2.06. The maximum Gasteiger partial charge on any atom is 0.305 e. The van der Waals surface area contributed by atoms with Crippen molar-refractivity contribution in [2.45, 2.75) is 70.1 Å². The number of rotatable bonds is 15. The molecule has 0 aromatic carbocycles. The minimum Gasteiger partial charge on any atom is -0.481 e. The van der Waals surface area contributed by atoms with Gasteiger partial charge in [0.25, 0.3) is 0 Å². The van der Waals surface area contributed by atoms with Gasteiger partial charge < -0.3 is 42.3 Å². The number of hydrogen-bond donors (Lipinski definition) is 8.